The number of hydrogen-bond acceptors (Lipinski definition) is 19. The fraction of sp³-hybridized carbons (Fsp3) is 0.278. The van der Waals surface area contributed by atoms with Crippen molar-refractivity contribution in [2.75, 3.05) is 129 Å². The highest BCUT2D eigenvalue weighted by Gasteiger charge is 2.33. The zero-order chi connectivity index (χ0) is 86.1. The molecule has 0 radical (unpaired) electrons. The average molecular weight is 1650 g/mol. The fourth-order valence-corrected chi connectivity index (χ4v) is 16.7. The van der Waals surface area contributed by atoms with E-state index in [-0.39, 0.29) is 60.7 Å². The highest BCUT2D eigenvalue weighted by molar-refractivity contribution is 6.24. The summed E-state index contributed by atoms with van der Waals surface area (Å²) in [6.45, 7) is 10.3. The third kappa shape index (κ3) is 18.7. The van der Waals surface area contributed by atoms with E-state index >= 15 is 0 Å². The van der Waals surface area contributed by atoms with E-state index in [0.29, 0.717) is 123 Å². The molecular weight excluding hydrogens is 1560 g/mol. The van der Waals surface area contributed by atoms with Crippen LogP contribution >= 0.6 is 0 Å². The van der Waals surface area contributed by atoms with Crippen LogP contribution in [0.15, 0.2) is 215 Å². The van der Waals surface area contributed by atoms with Crippen molar-refractivity contribution >= 4 is 126 Å². The molecule has 17 rings (SSSR count). The van der Waals surface area contributed by atoms with E-state index in [2.05, 4.69) is 43.7 Å². The van der Waals surface area contributed by atoms with Gasteiger partial charge in [0.2, 0.25) is 23.6 Å². The predicted octanol–water partition coefficient (Wildman–Crippen LogP) is 14.4. The van der Waals surface area contributed by atoms with Crippen LogP contribution in [0.2, 0.25) is 0 Å². The highest BCUT2D eigenvalue weighted by Crippen LogP contribution is 2.41. The summed E-state index contributed by atoms with van der Waals surface area (Å²) in [5.41, 5.74) is 16.9. The number of H-pyrrole nitrogens is 3. The summed E-state index contributed by atoms with van der Waals surface area (Å²) < 4.78 is 14.8. The Morgan fingerprint density at radius 1 is 0.415 bits per heavy atom. The molecule has 26 heteroatoms. The second-order valence-corrected chi connectivity index (χ2v) is 31.7. The van der Waals surface area contributed by atoms with E-state index in [1.165, 1.54) is 19.1 Å². The summed E-state index contributed by atoms with van der Waals surface area (Å²) >= 11 is 0. The van der Waals surface area contributed by atoms with Crippen LogP contribution in [-0.2, 0) is 52.7 Å². The number of anilines is 3. The number of rotatable bonds is 20. The smallest absolute Gasteiger partial charge is 0.338 e. The Balaban J connectivity index is 0.000000143. The molecule has 0 aliphatic carbocycles. The lowest BCUT2D eigenvalue weighted by Gasteiger charge is -2.32. The van der Waals surface area contributed by atoms with E-state index in [9.17, 15) is 48.9 Å². The van der Waals surface area contributed by atoms with E-state index in [1.807, 2.05) is 155 Å². The number of nitrogens with zero attached hydrogens (tertiary/aromatic N) is 10. The molecule has 2 saturated heterocycles. The molecule has 630 valence electrons. The lowest BCUT2D eigenvalue weighted by molar-refractivity contribution is -0.131. The molecule has 12 aromatic rings. The Morgan fingerprint density at radius 2 is 0.780 bits per heavy atom. The maximum absolute atomic E-state index is 13.2. The van der Waals surface area contributed by atoms with Crippen LogP contribution in [0.5, 0.6) is 17.6 Å². The second-order valence-electron chi connectivity index (χ2n) is 31.7. The third-order valence-electron chi connectivity index (χ3n) is 23.4. The van der Waals surface area contributed by atoms with E-state index < -0.39 is 17.9 Å². The van der Waals surface area contributed by atoms with Gasteiger partial charge in [0.05, 0.1) is 94.9 Å². The topological polar surface area (TPSA) is 315 Å². The fourth-order valence-electron chi connectivity index (χ4n) is 16.7. The first-order valence-electron chi connectivity index (χ1n) is 41.5. The number of likely N-dealkylation sites (N-methyl/N-ethyl adjacent to an activating group) is 1. The standard InChI is InChI=1S/C33H35N5O4.C33H34N4O4.C31H30N4O5/c1-3-42-33(41)24-9-11-26-27(20-24)35-32(40)30(26)31(22-7-5-4-6-8-22)34-25-10-12-28-23(19-25)13-14-38(28)29(39)21-37-17-15-36(2)16-18-37;1-36-15-12-21(13-16-36)18-29(38)37-17-14-23-19-25(9-11-28(23)37)34-31(22-6-4-3-5-7-22)30-26-10-8-24(33(40)41-2)20-27(26)35-32(30)39;1-34(2)26(36)13-14-27(37)35-16-15-20-17-22(10-12-25(20)35)32-29(19-7-5-4-6-8-19)28-23-11-9-21(31(39)40-3)18-24(23)33-30(28)38/h4-12,19-20,35,40H,3,13-18,21H2,1-2H3;3-11,19-21,35,39H,12-18H2,1-2H3;4-12,17-18,33,38H,13-16H2,1-3H3. The Morgan fingerprint density at radius 3 is 1.15 bits per heavy atom. The molecule has 0 atom stereocenters. The number of aromatic hydroxyl groups is 3. The molecule has 8 heterocycles. The Bertz CT molecular complexity index is 6090. The van der Waals surface area contributed by atoms with Crippen LogP contribution in [0.3, 0.4) is 0 Å². The summed E-state index contributed by atoms with van der Waals surface area (Å²) in [5, 5.41) is 35.3. The Hall–Kier alpha value is -13.8. The van der Waals surface area contributed by atoms with Crippen LogP contribution in [0.4, 0.5) is 34.1 Å². The van der Waals surface area contributed by atoms with E-state index in [4.69, 9.17) is 29.2 Å². The number of amides is 4. The number of fused-ring (bicyclic) bond motifs is 6. The van der Waals surface area contributed by atoms with Crippen molar-refractivity contribution in [3.63, 3.8) is 0 Å². The molecule has 0 bridgehead atoms. The lowest BCUT2D eigenvalue weighted by atomic mass is 9.93. The average Bonchev–Trinajstić information content (AvgIpc) is 1.64. The molecule has 4 amide bonds. The molecule has 26 nitrogen and oxygen atoms in total. The molecule has 5 aliphatic heterocycles. The molecule has 123 heavy (non-hydrogen) atoms. The highest BCUT2D eigenvalue weighted by atomic mass is 16.5. The Kier molecular flexibility index (Phi) is 25.6. The number of esters is 3. The minimum Gasteiger partial charge on any atom is -0.494 e. The molecule has 0 spiro atoms. The molecule has 6 N–H and O–H groups in total. The van der Waals surface area contributed by atoms with Crippen LogP contribution in [0.25, 0.3) is 32.7 Å². The van der Waals surface area contributed by atoms with Gasteiger partial charge in [0, 0.05) is 146 Å². The van der Waals surface area contributed by atoms with Crippen molar-refractivity contribution in [2.45, 2.75) is 58.3 Å². The first kappa shape index (κ1) is 84.2. The van der Waals surface area contributed by atoms with Crippen molar-refractivity contribution in [2.24, 2.45) is 20.9 Å². The quantitative estimate of drug-likeness (QED) is 0.0235. The number of piperidine rings is 1. The first-order valence-corrected chi connectivity index (χ1v) is 41.5. The predicted molar refractivity (Wildman–Crippen MR) is 478 cm³/mol. The zero-order valence-electron chi connectivity index (χ0n) is 70.0. The number of aromatic nitrogens is 3. The first-order chi connectivity index (χ1) is 59.6. The third-order valence-corrected chi connectivity index (χ3v) is 23.4. The van der Waals surface area contributed by atoms with Gasteiger partial charge in [0.1, 0.15) is 0 Å². The van der Waals surface area contributed by atoms with Crippen LogP contribution in [0.1, 0.15) is 120 Å². The van der Waals surface area contributed by atoms with E-state index in [0.717, 1.165) is 138 Å². The summed E-state index contributed by atoms with van der Waals surface area (Å²) in [6.07, 6.45) is 5.31. The number of aromatic amines is 3. The van der Waals surface area contributed by atoms with Gasteiger partial charge >= 0.3 is 17.9 Å². The van der Waals surface area contributed by atoms with Gasteiger partial charge in [-0.1, -0.05) is 109 Å². The minimum atomic E-state index is -0.468. The number of carbonyl (C=O) groups is 7. The molecular formula is C97H99N13O13. The van der Waals surface area contributed by atoms with Crippen LogP contribution in [-0.4, -0.2) is 223 Å². The van der Waals surface area contributed by atoms with Gasteiger partial charge in [-0.05, 0) is 180 Å². The number of ether oxygens (including phenoxy) is 3. The number of benzene rings is 9. The van der Waals surface area contributed by atoms with Gasteiger partial charge in [0.25, 0.3) is 0 Å². The number of likely N-dealkylation sites (tertiary alicyclic amines) is 1. The van der Waals surface area contributed by atoms with Crippen LogP contribution < -0.4 is 14.7 Å². The van der Waals surface area contributed by atoms with Gasteiger partial charge in [-0.3, -0.25) is 24.1 Å². The molecule has 0 saturated carbocycles. The molecule has 0 unspecified atom stereocenters. The van der Waals surface area contributed by atoms with Crippen molar-refractivity contribution in [1.82, 2.24) is 34.6 Å². The number of methoxy groups -OCH3 is 2. The number of aliphatic imine (C=N–C) groups is 3. The number of piperazine rings is 1. The number of nitrogens with one attached hydrogen (secondary N) is 3. The monoisotopic (exact) mass is 1650 g/mol. The van der Waals surface area contributed by atoms with Gasteiger partial charge in [-0.15, -0.1) is 0 Å². The molecule has 3 aromatic heterocycles. The summed E-state index contributed by atoms with van der Waals surface area (Å²) in [7, 11) is 10.3. The maximum atomic E-state index is 13.2. The van der Waals surface area contributed by atoms with Crippen molar-refractivity contribution in [3.05, 3.63) is 267 Å². The summed E-state index contributed by atoms with van der Waals surface area (Å²) in [6, 6.07) is 61.9. The van der Waals surface area contributed by atoms with E-state index in [1.54, 1.807) is 80.5 Å². The van der Waals surface area contributed by atoms with Crippen LogP contribution in [0, 0.1) is 5.92 Å². The maximum Gasteiger partial charge on any atom is 0.338 e. The minimum absolute atomic E-state index is 0.0311. The largest absolute Gasteiger partial charge is 0.494 e. The van der Waals surface area contributed by atoms with Gasteiger partial charge < -0.3 is 73.9 Å². The second kappa shape index (κ2) is 37.4. The van der Waals surface area contributed by atoms with Gasteiger partial charge in [-0.2, -0.15) is 0 Å². The SMILES string of the molecule is CCOC(=O)c1ccc2c(C(=Nc3ccc4c(c3)CCN4C(=O)CN3CCN(C)CC3)c3ccccc3)c(O)[nH]c2c1.COC(=O)c1ccc2c(C(=Nc3ccc4c(c3)CCN4C(=O)CC3CCN(C)CC3)c3ccccc3)c(O)[nH]c2c1.COC(=O)c1ccc2c(C(=Nc3ccc4c(c3)CCN4C(=O)CCC(=O)N(C)C)c3ccccc3)c(O)[nH]c2c1. The van der Waals surface area contributed by atoms with Crippen molar-refractivity contribution in [3.8, 4) is 17.6 Å². The van der Waals surface area contributed by atoms with Crippen molar-refractivity contribution in [1.29, 1.82) is 0 Å². The molecule has 2 fully saturated rings. The number of hydrogen-bond donors (Lipinski definition) is 6. The number of carbonyl (C=O) groups excluding carboxylic acids is 7. The summed E-state index contributed by atoms with van der Waals surface area (Å²) in [4.78, 5) is 126. The molecule has 9 aromatic carbocycles. The normalized spacial score (nSPS) is 15.1. The molecule has 5 aliphatic rings. The lowest BCUT2D eigenvalue weighted by Crippen LogP contribution is -2.48. The van der Waals surface area contributed by atoms with Gasteiger partial charge in [0.15, 0.2) is 17.6 Å². The van der Waals surface area contributed by atoms with Crippen molar-refractivity contribution < 1.29 is 63.1 Å². The van der Waals surface area contributed by atoms with Gasteiger partial charge in [-0.25, -0.2) is 29.4 Å². The Labute approximate surface area is 712 Å². The summed E-state index contributed by atoms with van der Waals surface area (Å²) in [5.74, 6) is -0.829. The zero-order valence-corrected chi connectivity index (χ0v) is 70.0.